The highest BCUT2D eigenvalue weighted by atomic mass is 32.2. The van der Waals surface area contributed by atoms with Crippen molar-refractivity contribution in [3.8, 4) is 11.3 Å². The molecule has 0 bridgehead atoms. The molecule has 5 aromatic carbocycles. The molecule has 0 fully saturated rings. The van der Waals surface area contributed by atoms with Crippen LogP contribution in [0.15, 0.2) is 94.9 Å². The van der Waals surface area contributed by atoms with Gasteiger partial charge in [-0.2, -0.15) is 0 Å². The Morgan fingerprint density at radius 1 is 0.697 bits per heavy atom. The second kappa shape index (κ2) is 7.07. The van der Waals surface area contributed by atoms with Crippen LogP contribution in [0, 0.1) is 5.92 Å². The van der Waals surface area contributed by atoms with Crippen LogP contribution in [0.4, 0.5) is 0 Å². The molecule has 0 radical (unpaired) electrons. The molecule has 0 spiro atoms. The van der Waals surface area contributed by atoms with E-state index in [1.165, 1.54) is 64.0 Å². The molecule has 158 valence electrons. The molecular formula is C31H23NS. The fourth-order valence-corrected chi connectivity index (χ4v) is 6.58. The maximum Gasteiger partial charge on any atom is 0.0803 e. The van der Waals surface area contributed by atoms with Gasteiger partial charge in [-0.15, -0.1) is 0 Å². The van der Waals surface area contributed by atoms with E-state index < -0.39 is 0 Å². The molecule has 0 unspecified atom stereocenters. The number of hydrogen-bond acceptors (Lipinski definition) is 2. The van der Waals surface area contributed by atoms with Crippen molar-refractivity contribution in [1.82, 2.24) is 4.98 Å². The van der Waals surface area contributed by atoms with Gasteiger partial charge in [0, 0.05) is 26.9 Å². The second-order valence-corrected chi connectivity index (χ2v) is 10.7. The topological polar surface area (TPSA) is 12.9 Å². The zero-order chi connectivity index (χ0) is 22.1. The smallest absolute Gasteiger partial charge is 0.0803 e. The second-order valence-electron chi connectivity index (χ2n) is 9.57. The summed E-state index contributed by atoms with van der Waals surface area (Å²) in [5.41, 5.74) is 3.77. The third kappa shape index (κ3) is 2.91. The number of hydrogen-bond donors (Lipinski definition) is 0. The monoisotopic (exact) mass is 441 g/mol. The van der Waals surface area contributed by atoms with Gasteiger partial charge in [-0.3, -0.25) is 4.98 Å². The summed E-state index contributed by atoms with van der Waals surface area (Å²) in [7, 11) is 0. The standard InChI is InChI=1S/C31H23NS/c1-18(2)13-19-7-8-20-9-10-23-24-11-12-32-31-27-15-21-5-3-4-6-22(21)16-28(27)33-29(30(24)31)17-26(23)25(20)14-19/h3-12,14-18H,13H2,1-2H3. The number of fused-ring (bicyclic) bond motifs is 7. The Labute approximate surface area is 197 Å². The van der Waals surface area contributed by atoms with E-state index >= 15 is 0 Å². The Hall–Kier alpha value is -3.36. The molecule has 7 rings (SSSR count). The van der Waals surface area contributed by atoms with Crippen LogP contribution in [0.2, 0.25) is 0 Å². The lowest BCUT2D eigenvalue weighted by Crippen LogP contribution is -1.97. The summed E-state index contributed by atoms with van der Waals surface area (Å²) >= 11 is 1.89. The SMILES string of the molecule is CC(C)Cc1ccc2ccc3c4ccnc5c4c(cc3c2c1)Sc1cc2ccccc2cc1-5. The van der Waals surface area contributed by atoms with E-state index in [0.717, 1.165) is 12.1 Å². The van der Waals surface area contributed by atoms with Crippen LogP contribution in [0.5, 0.6) is 0 Å². The lowest BCUT2D eigenvalue weighted by molar-refractivity contribution is 0.648. The first-order valence-electron chi connectivity index (χ1n) is 11.6. The molecule has 0 saturated carbocycles. The maximum atomic E-state index is 4.89. The average Bonchev–Trinajstić information content (AvgIpc) is 2.83. The van der Waals surface area contributed by atoms with Crippen LogP contribution < -0.4 is 0 Å². The first-order valence-corrected chi connectivity index (χ1v) is 12.5. The van der Waals surface area contributed by atoms with E-state index in [-0.39, 0.29) is 0 Å². The Balaban J connectivity index is 1.56. The van der Waals surface area contributed by atoms with Crippen LogP contribution in [0.25, 0.3) is 54.3 Å². The minimum Gasteiger partial charge on any atom is -0.256 e. The van der Waals surface area contributed by atoms with Gasteiger partial charge in [0.25, 0.3) is 0 Å². The van der Waals surface area contributed by atoms with E-state index in [2.05, 4.69) is 92.7 Å². The summed E-state index contributed by atoms with van der Waals surface area (Å²) in [5.74, 6) is 0.648. The van der Waals surface area contributed by atoms with Crippen molar-refractivity contribution in [3.63, 3.8) is 0 Å². The van der Waals surface area contributed by atoms with Gasteiger partial charge in [-0.1, -0.05) is 80.2 Å². The molecule has 0 aliphatic carbocycles. The van der Waals surface area contributed by atoms with Crippen molar-refractivity contribution in [2.75, 3.05) is 0 Å². The van der Waals surface area contributed by atoms with Crippen molar-refractivity contribution in [3.05, 3.63) is 90.6 Å². The first kappa shape index (κ1) is 19.1. The lowest BCUT2D eigenvalue weighted by atomic mass is 9.92. The molecule has 0 atom stereocenters. The van der Waals surface area contributed by atoms with Gasteiger partial charge in [0.2, 0.25) is 0 Å². The molecule has 0 saturated heterocycles. The van der Waals surface area contributed by atoms with Crippen molar-refractivity contribution in [2.24, 2.45) is 5.92 Å². The molecule has 0 amide bonds. The van der Waals surface area contributed by atoms with Crippen molar-refractivity contribution in [2.45, 2.75) is 30.1 Å². The fourth-order valence-electron chi connectivity index (χ4n) is 5.41. The molecule has 2 heteroatoms. The highest BCUT2D eigenvalue weighted by molar-refractivity contribution is 7.99. The predicted molar refractivity (Wildman–Crippen MR) is 142 cm³/mol. The largest absolute Gasteiger partial charge is 0.256 e. The summed E-state index contributed by atoms with van der Waals surface area (Å²) in [5, 5.41) is 10.5. The Morgan fingerprint density at radius 3 is 2.36 bits per heavy atom. The van der Waals surface area contributed by atoms with Crippen LogP contribution in [-0.2, 0) is 6.42 Å². The normalized spacial score (nSPS) is 12.8. The van der Waals surface area contributed by atoms with E-state index in [1.807, 2.05) is 18.0 Å². The van der Waals surface area contributed by atoms with Crippen molar-refractivity contribution >= 4 is 54.9 Å². The number of pyridine rings is 1. The third-order valence-corrected chi connectivity index (χ3v) is 7.96. The first-order chi connectivity index (χ1) is 16.2. The summed E-state index contributed by atoms with van der Waals surface area (Å²) in [4.78, 5) is 7.49. The highest BCUT2D eigenvalue weighted by Gasteiger charge is 2.23. The van der Waals surface area contributed by atoms with Crippen LogP contribution in [-0.4, -0.2) is 4.98 Å². The molecule has 6 aromatic rings. The number of nitrogens with zero attached hydrogens (tertiary/aromatic N) is 1. The summed E-state index contributed by atoms with van der Waals surface area (Å²) in [6.45, 7) is 4.58. The van der Waals surface area contributed by atoms with E-state index in [0.29, 0.717) is 5.92 Å². The molecule has 1 aliphatic heterocycles. The zero-order valence-electron chi connectivity index (χ0n) is 18.7. The molecule has 33 heavy (non-hydrogen) atoms. The van der Waals surface area contributed by atoms with Crippen molar-refractivity contribution in [1.29, 1.82) is 0 Å². The molecule has 1 aliphatic rings. The molecule has 1 aromatic heterocycles. The van der Waals surface area contributed by atoms with Gasteiger partial charge >= 0.3 is 0 Å². The Kier molecular flexibility index (Phi) is 4.10. The predicted octanol–water partition coefficient (Wildman–Crippen LogP) is 9.02. The van der Waals surface area contributed by atoms with Gasteiger partial charge in [0.05, 0.1) is 5.69 Å². The van der Waals surface area contributed by atoms with Crippen LogP contribution in [0.1, 0.15) is 19.4 Å². The van der Waals surface area contributed by atoms with Gasteiger partial charge in [-0.05, 0) is 79.9 Å². The number of benzene rings is 5. The summed E-state index contributed by atoms with van der Waals surface area (Å²) in [6.07, 6.45) is 3.09. The molecule has 2 heterocycles. The average molecular weight is 442 g/mol. The fraction of sp³-hybridized carbons (Fsp3) is 0.129. The summed E-state index contributed by atoms with van der Waals surface area (Å²) < 4.78 is 0. The maximum absolute atomic E-state index is 4.89. The highest BCUT2D eigenvalue weighted by Crippen LogP contribution is 2.50. The zero-order valence-corrected chi connectivity index (χ0v) is 19.5. The van der Waals surface area contributed by atoms with Crippen LogP contribution in [0.3, 0.4) is 0 Å². The Morgan fingerprint density at radius 2 is 1.52 bits per heavy atom. The minimum absolute atomic E-state index is 0.648. The lowest BCUT2D eigenvalue weighted by Gasteiger charge is -2.22. The quantitative estimate of drug-likeness (QED) is 0.248. The van der Waals surface area contributed by atoms with Gasteiger partial charge < -0.3 is 0 Å². The van der Waals surface area contributed by atoms with Gasteiger partial charge in [0.15, 0.2) is 0 Å². The van der Waals surface area contributed by atoms with Crippen LogP contribution >= 0.6 is 11.8 Å². The number of aromatic nitrogens is 1. The minimum atomic E-state index is 0.648. The summed E-state index contributed by atoms with van der Waals surface area (Å²) in [6, 6.07) is 29.4. The van der Waals surface area contributed by atoms with E-state index in [4.69, 9.17) is 4.98 Å². The Bertz CT molecular complexity index is 1750. The molecular weight excluding hydrogens is 418 g/mol. The van der Waals surface area contributed by atoms with Gasteiger partial charge in [-0.25, -0.2) is 0 Å². The number of rotatable bonds is 2. The van der Waals surface area contributed by atoms with Gasteiger partial charge in [0.1, 0.15) is 0 Å². The molecule has 0 N–H and O–H groups in total. The van der Waals surface area contributed by atoms with E-state index in [9.17, 15) is 0 Å². The van der Waals surface area contributed by atoms with Crippen molar-refractivity contribution < 1.29 is 0 Å². The third-order valence-electron chi connectivity index (χ3n) is 6.86. The molecule has 1 nitrogen and oxygen atoms in total. The van der Waals surface area contributed by atoms with E-state index in [1.54, 1.807) is 0 Å².